The molecule has 23 heavy (non-hydrogen) atoms. The molecule has 0 saturated heterocycles. The van der Waals surface area contributed by atoms with Crippen molar-refractivity contribution < 1.29 is 9.72 Å². The molecule has 0 bridgehead atoms. The van der Waals surface area contributed by atoms with Crippen molar-refractivity contribution in [3.8, 4) is 0 Å². The fourth-order valence-corrected chi connectivity index (χ4v) is 1.84. The molecule has 116 valence electrons. The Hall–Kier alpha value is -3.28. The van der Waals surface area contributed by atoms with Crippen LogP contribution < -0.4 is 5.43 Å². The zero-order valence-corrected chi connectivity index (χ0v) is 12.5. The maximum atomic E-state index is 11.9. The van der Waals surface area contributed by atoms with Crippen LogP contribution >= 0.6 is 0 Å². The SMILES string of the molecule is CC(/C=N/NC(=O)c1ccc([N+](=O)[O-])cc1)=C\c1ccccc1. The van der Waals surface area contributed by atoms with E-state index >= 15 is 0 Å². The van der Waals surface area contributed by atoms with E-state index in [-0.39, 0.29) is 5.69 Å². The van der Waals surface area contributed by atoms with E-state index < -0.39 is 10.8 Å². The number of allylic oxidation sites excluding steroid dienone is 1. The fourth-order valence-electron chi connectivity index (χ4n) is 1.84. The van der Waals surface area contributed by atoms with Gasteiger partial charge in [-0.1, -0.05) is 36.4 Å². The number of nitrogens with one attached hydrogen (secondary N) is 1. The second-order valence-corrected chi connectivity index (χ2v) is 4.80. The van der Waals surface area contributed by atoms with Crippen LogP contribution in [0.25, 0.3) is 6.08 Å². The Bertz CT molecular complexity index is 750. The molecule has 0 heterocycles. The number of rotatable bonds is 5. The number of benzene rings is 2. The number of hydrazone groups is 1. The van der Waals surface area contributed by atoms with Gasteiger partial charge in [0.05, 0.1) is 11.1 Å². The van der Waals surface area contributed by atoms with Crippen molar-refractivity contribution in [2.75, 3.05) is 0 Å². The van der Waals surface area contributed by atoms with E-state index in [1.807, 2.05) is 43.3 Å². The average Bonchev–Trinajstić information content (AvgIpc) is 2.55. The molecule has 2 rings (SSSR count). The third-order valence-corrected chi connectivity index (χ3v) is 2.97. The predicted molar refractivity (Wildman–Crippen MR) is 89.1 cm³/mol. The number of amides is 1. The first-order chi connectivity index (χ1) is 11.1. The first kappa shape index (κ1) is 16.1. The van der Waals surface area contributed by atoms with Gasteiger partial charge < -0.3 is 0 Å². The lowest BCUT2D eigenvalue weighted by atomic mass is 10.1. The second kappa shape index (κ2) is 7.65. The van der Waals surface area contributed by atoms with Crippen LogP contribution in [0.3, 0.4) is 0 Å². The molecule has 0 spiro atoms. The highest BCUT2D eigenvalue weighted by Gasteiger charge is 2.08. The molecular formula is C17H15N3O3. The van der Waals surface area contributed by atoms with Crippen LogP contribution in [0.15, 0.2) is 65.3 Å². The molecule has 2 aromatic carbocycles. The molecular weight excluding hydrogens is 294 g/mol. The smallest absolute Gasteiger partial charge is 0.267 e. The van der Waals surface area contributed by atoms with Gasteiger partial charge >= 0.3 is 0 Å². The van der Waals surface area contributed by atoms with Gasteiger partial charge in [-0.2, -0.15) is 5.10 Å². The lowest BCUT2D eigenvalue weighted by Gasteiger charge is -1.99. The highest BCUT2D eigenvalue weighted by Crippen LogP contribution is 2.11. The number of carbonyl (C=O) groups excluding carboxylic acids is 1. The Balaban J connectivity index is 1.95. The largest absolute Gasteiger partial charge is 0.271 e. The molecule has 6 heteroatoms. The molecule has 0 saturated carbocycles. The van der Waals surface area contributed by atoms with Gasteiger partial charge in [0, 0.05) is 17.7 Å². The van der Waals surface area contributed by atoms with Crippen LogP contribution in [0.2, 0.25) is 0 Å². The third kappa shape index (κ3) is 4.89. The van der Waals surface area contributed by atoms with E-state index in [9.17, 15) is 14.9 Å². The summed E-state index contributed by atoms with van der Waals surface area (Å²) in [6.45, 7) is 1.87. The van der Waals surface area contributed by atoms with Crippen LogP contribution in [0, 0.1) is 10.1 Å². The topological polar surface area (TPSA) is 84.6 Å². The van der Waals surface area contributed by atoms with Crippen LogP contribution in [-0.2, 0) is 0 Å². The summed E-state index contributed by atoms with van der Waals surface area (Å²) in [4.78, 5) is 21.9. The Labute approximate surface area is 133 Å². The number of carbonyl (C=O) groups is 1. The van der Waals surface area contributed by atoms with Gasteiger partial charge in [0.2, 0.25) is 0 Å². The highest BCUT2D eigenvalue weighted by molar-refractivity contribution is 5.95. The molecule has 2 aromatic rings. The van der Waals surface area contributed by atoms with Crippen LogP contribution in [-0.4, -0.2) is 17.0 Å². The molecule has 0 atom stereocenters. The predicted octanol–water partition coefficient (Wildman–Crippen LogP) is 3.41. The van der Waals surface area contributed by atoms with Gasteiger partial charge in [-0.3, -0.25) is 14.9 Å². The van der Waals surface area contributed by atoms with Crippen molar-refractivity contribution in [2.45, 2.75) is 6.92 Å². The molecule has 1 N–H and O–H groups in total. The number of nitro benzene ring substituents is 1. The molecule has 0 unspecified atom stereocenters. The summed E-state index contributed by atoms with van der Waals surface area (Å²) in [5.74, 6) is -0.427. The number of hydrogen-bond donors (Lipinski definition) is 1. The minimum atomic E-state index is -0.516. The molecule has 0 radical (unpaired) electrons. The van der Waals surface area contributed by atoms with Gasteiger partial charge in [-0.25, -0.2) is 5.43 Å². The van der Waals surface area contributed by atoms with Crippen LogP contribution in [0.4, 0.5) is 5.69 Å². The van der Waals surface area contributed by atoms with Crippen molar-refractivity contribution in [1.29, 1.82) is 0 Å². The average molecular weight is 309 g/mol. The quantitative estimate of drug-likeness (QED) is 0.522. The van der Waals surface area contributed by atoms with Crippen molar-refractivity contribution in [3.05, 3.63) is 81.4 Å². The molecule has 0 aliphatic carbocycles. The van der Waals surface area contributed by atoms with E-state index in [2.05, 4.69) is 10.5 Å². The number of non-ortho nitro benzene ring substituents is 1. The monoisotopic (exact) mass is 309 g/mol. The van der Waals surface area contributed by atoms with E-state index in [1.165, 1.54) is 30.5 Å². The summed E-state index contributed by atoms with van der Waals surface area (Å²) in [7, 11) is 0. The zero-order chi connectivity index (χ0) is 16.7. The third-order valence-electron chi connectivity index (χ3n) is 2.97. The van der Waals surface area contributed by atoms with Crippen molar-refractivity contribution in [2.24, 2.45) is 5.10 Å². The van der Waals surface area contributed by atoms with Gasteiger partial charge in [-0.05, 0) is 30.2 Å². The van der Waals surface area contributed by atoms with Crippen molar-refractivity contribution in [3.63, 3.8) is 0 Å². The summed E-state index contributed by atoms with van der Waals surface area (Å²) in [6.07, 6.45) is 3.47. The van der Waals surface area contributed by atoms with Gasteiger partial charge in [0.15, 0.2) is 0 Å². The first-order valence-corrected chi connectivity index (χ1v) is 6.87. The van der Waals surface area contributed by atoms with E-state index in [1.54, 1.807) is 0 Å². The normalized spacial score (nSPS) is 11.4. The molecule has 0 aliphatic rings. The first-order valence-electron chi connectivity index (χ1n) is 6.87. The summed E-state index contributed by atoms with van der Waals surface area (Å²) in [5, 5.41) is 14.4. The maximum Gasteiger partial charge on any atom is 0.271 e. The molecule has 1 amide bonds. The number of nitro groups is 1. The lowest BCUT2D eigenvalue weighted by Crippen LogP contribution is -2.17. The molecule has 0 fully saturated rings. The minimum Gasteiger partial charge on any atom is -0.267 e. The molecule has 6 nitrogen and oxygen atoms in total. The van der Waals surface area contributed by atoms with Gasteiger partial charge in [0.1, 0.15) is 0 Å². The van der Waals surface area contributed by atoms with Gasteiger partial charge in [0.25, 0.3) is 11.6 Å². The Morgan fingerprint density at radius 3 is 2.39 bits per heavy atom. The fraction of sp³-hybridized carbons (Fsp3) is 0.0588. The standard InChI is InChI=1S/C17H15N3O3/c1-13(11-14-5-3-2-4-6-14)12-18-19-17(21)15-7-9-16(10-8-15)20(22)23/h2-12H,1H3,(H,19,21)/b13-11+,18-12+. The Morgan fingerprint density at radius 2 is 1.78 bits per heavy atom. The Morgan fingerprint density at radius 1 is 1.13 bits per heavy atom. The highest BCUT2D eigenvalue weighted by atomic mass is 16.6. The molecule has 0 aromatic heterocycles. The van der Waals surface area contributed by atoms with Gasteiger partial charge in [-0.15, -0.1) is 0 Å². The number of nitrogens with zero attached hydrogens (tertiary/aromatic N) is 2. The zero-order valence-electron chi connectivity index (χ0n) is 12.5. The molecule has 0 aliphatic heterocycles. The van der Waals surface area contributed by atoms with E-state index in [0.717, 1.165) is 11.1 Å². The summed E-state index contributed by atoms with van der Waals surface area (Å²) >= 11 is 0. The second-order valence-electron chi connectivity index (χ2n) is 4.80. The minimum absolute atomic E-state index is 0.0632. The summed E-state index contributed by atoms with van der Waals surface area (Å²) in [6, 6.07) is 15.1. The van der Waals surface area contributed by atoms with Crippen molar-refractivity contribution in [1.82, 2.24) is 5.43 Å². The maximum absolute atomic E-state index is 11.9. The van der Waals surface area contributed by atoms with Crippen molar-refractivity contribution >= 4 is 23.9 Å². The Kier molecular flexibility index (Phi) is 5.35. The number of hydrogen-bond acceptors (Lipinski definition) is 4. The van der Waals surface area contributed by atoms with E-state index in [0.29, 0.717) is 5.56 Å². The van der Waals surface area contributed by atoms with Crippen LogP contribution in [0.5, 0.6) is 0 Å². The lowest BCUT2D eigenvalue weighted by molar-refractivity contribution is -0.384. The van der Waals surface area contributed by atoms with E-state index in [4.69, 9.17) is 0 Å². The summed E-state index contributed by atoms with van der Waals surface area (Å²) < 4.78 is 0. The van der Waals surface area contributed by atoms with Crippen LogP contribution in [0.1, 0.15) is 22.8 Å². The summed E-state index contributed by atoms with van der Waals surface area (Å²) in [5.41, 5.74) is 4.54.